The van der Waals surface area contributed by atoms with Crippen LogP contribution in [-0.4, -0.2) is 32.5 Å². The van der Waals surface area contributed by atoms with E-state index in [9.17, 15) is 4.79 Å². The summed E-state index contributed by atoms with van der Waals surface area (Å²) >= 11 is -0.750. The highest BCUT2D eigenvalue weighted by Crippen LogP contribution is 1.91. The van der Waals surface area contributed by atoms with Gasteiger partial charge in [0.05, 0.1) is 13.1 Å². The molecule has 0 saturated heterocycles. The van der Waals surface area contributed by atoms with Crippen molar-refractivity contribution in [2.45, 2.75) is 6.92 Å². The Hall–Kier alpha value is -1.27. The van der Waals surface area contributed by atoms with Crippen LogP contribution in [0.15, 0.2) is 25.3 Å². The minimum atomic E-state index is -0.750. The maximum absolute atomic E-state index is 10.5. The van der Waals surface area contributed by atoms with Crippen LogP contribution in [0.4, 0.5) is 0 Å². The number of carbonyl (C=O) groups excluding carboxylic acids is 1. The van der Waals surface area contributed by atoms with E-state index in [2.05, 4.69) is 13.2 Å². The Morgan fingerprint density at radius 1 is 1.36 bits per heavy atom. The molecule has 0 aliphatic heterocycles. The zero-order chi connectivity index (χ0) is 11.4. The lowest BCUT2D eigenvalue weighted by atomic mass is 10.5. The van der Waals surface area contributed by atoms with Gasteiger partial charge in [-0.1, -0.05) is 12.2 Å². The van der Waals surface area contributed by atoms with Gasteiger partial charge < -0.3 is 4.84 Å². The third kappa shape index (κ3) is 13.3. The first-order chi connectivity index (χ1) is 6.62. The monoisotopic (exact) mass is 219 g/mol. The molecule has 0 unspecified atom stereocenters. The molecule has 0 aromatic rings. The second-order valence-electron chi connectivity index (χ2n) is 2.08. The minimum absolute atomic E-state index is 0.325. The molecule has 0 bridgehead atoms. The van der Waals surface area contributed by atoms with Gasteiger partial charge in [0.25, 0.3) is 0 Å². The Balaban J connectivity index is 0. The molecule has 14 heavy (non-hydrogen) atoms. The average molecular weight is 219 g/mol. The number of hydrogen-bond donors (Lipinski definition) is 0. The smallest absolute Gasteiger partial charge is 0.335 e. The molecular formula is C8H13NO4S. The Bertz CT molecular complexity index is 213. The van der Waals surface area contributed by atoms with Crippen LogP contribution >= 0.6 is 0 Å². The van der Waals surface area contributed by atoms with Crippen molar-refractivity contribution in [3.8, 4) is 0 Å². The molecule has 0 aliphatic carbocycles. The van der Waals surface area contributed by atoms with Crippen molar-refractivity contribution in [3.63, 3.8) is 0 Å². The molecule has 0 aromatic heterocycles. The van der Waals surface area contributed by atoms with E-state index >= 15 is 0 Å². The van der Waals surface area contributed by atoms with Crippen molar-refractivity contribution in [2.24, 2.45) is 0 Å². The van der Waals surface area contributed by atoms with Crippen LogP contribution in [0.3, 0.4) is 0 Å². The number of hydroxylamine groups is 2. The highest BCUT2D eigenvalue weighted by atomic mass is 32.1. The fraction of sp³-hybridized carbons (Fsp3) is 0.375. The second kappa shape index (κ2) is 11.7. The maximum atomic E-state index is 10.5. The predicted octanol–water partition coefficient (Wildman–Crippen LogP) is 0.468. The van der Waals surface area contributed by atoms with Gasteiger partial charge in [0.1, 0.15) is 0 Å². The summed E-state index contributed by atoms with van der Waals surface area (Å²) in [4.78, 5) is 15.3. The third-order valence-corrected chi connectivity index (χ3v) is 0.923. The molecule has 0 saturated carbocycles. The lowest BCUT2D eigenvalue weighted by Gasteiger charge is -2.15. The lowest BCUT2D eigenvalue weighted by molar-refractivity contribution is -0.182. The first-order valence-electron chi connectivity index (χ1n) is 3.69. The third-order valence-electron chi connectivity index (χ3n) is 0.923. The Morgan fingerprint density at radius 3 is 1.93 bits per heavy atom. The first kappa shape index (κ1) is 15.2. The van der Waals surface area contributed by atoms with E-state index in [0.717, 1.165) is 0 Å². The van der Waals surface area contributed by atoms with Gasteiger partial charge in [-0.25, -0.2) is 0 Å². The van der Waals surface area contributed by atoms with Crippen LogP contribution in [-0.2, 0) is 21.2 Å². The molecule has 6 heteroatoms. The summed E-state index contributed by atoms with van der Waals surface area (Å²) in [5.74, 6) is -0.325. The van der Waals surface area contributed by atoms with Crippen LogP contribution in [0, 0.1) is 0 Å². The molecule has 0 N–H and O–H groups in total. The fourth-order valence-corrected chi connectivity index (χ4v) is 0.619. The van der Waals surface area contributed by atoms with Crippen LogP contribution in [0.5, 0.6) is 0 Å². The van der Waals surface area contributed by atoms with Crippen molar-refractivity contribution in [1.82, 2.24) is 5.06 Å². The van der Waals surface area contributed by atoms with E-state index in [1.54, 1.807) is 12.2 Å². The predicted molar refractivity (Wildman–Crippen MR) is 52.7 cm³/mol. The van der Waals surface area contributed by atoms with E-state index < -0.39 is 11.6 Å². The van der Waals surface area contributed by atoms with Crippen molar-refractivity contribution in [2.75, 3.05) is 13.1 Å². The number of rotatable bonds is 5. The molecule has 0 radical (unpaired) electrons. The molecule has 0 aliphatic rings. The van der Waals surface area contributed by atoms with Gasteiger partial charge in [0.15, 0.2) is 0 Å². The Kier molecular flexibility index (Phi) is 12.7. The maximum Gasteiger partial charge on any atom is 0.335 e. The van der Waals surface area contributed by atoms with Gasteiger partial charge in [-0.3, -0.25) is 4.79 Å². The van der Waals surface area contributed by atoms with E-state index in [1.165, 1.54) is 12.0 Å². The normalized spacial score (nSPS) is 8.14. The Labute approximate surface area is 86.6 Å². The SMILES string of the molecule is C=CCN(CC=C)OC(C)=O.O=S=O. The Morgan fingerprint density at radius 2 is 1.71 bits per heavy atom. The quantitative estimate of drug-likeness (QED) is 0.496. The van der Waals surface area contributed by atoms with Crippen molar-refractivity contribution >= 4 is 17.5 Å². The summed E-state index contributed by atoms with van der Waals surface area (Å²) in [6.07, 6.45) is 3.32. The van der Waals surface area contributed by atoms with Gasteiger partial charge in [0.2, 0.25) is 0 Å². The number of hydrogen-bond acceptors (Lipinski definition) is 5. The summed E-state index contributed by atoms with van der Waals surface area (Å²) in [5.41, 5.74) is 0. The van der Waals surface area contributed by atoms with Gasteiger partial charge in [0, 0.05) is 6.92 Å². The van der Waals surface area contributed by atoms with Crippen molar-refractivity contribution in [3.05, 3.63) is 25.3 Å². The topological polar surface area (TPSA) is 63.7 Å². The van der Waals surface area contributed by atoms with Gasteiger partial charge in [-0.05, 0) is 0 Å². The fourth-order valence-electron chi connectivity index (χ4n) is 0.619. The van der Waals surface area contributed by atoms with Crippen molar-refractivity contribution < 1.29 is 18.0 Å². The summed E-state index contributed by atoms with van der Waals surface area (Å²) < 4.78 is 16.6. The van der Waals surface area contributed by atoms with Crippen LogP contribution in [0.25, 0.3) is 0 Å². The highest BCUT2D eigenvalue weighted by Gasteiger charge is 2.02. The molecule has 80 valence electrons. The lowest BCUT2D eigenvalue weighted by Crippen LogP contribution is -2.26. The summed E-state index contributed by atoms with van der Waals surface area (Å²) in [5, 5.41) is 1.47. The molecule has 0 fully saturated rings. The molecule has 0 aromatic carbocycles. The molecule has 0 rings (SSSR count). The van der Waals surface area contributed by atoms with Gasteiger partial charge in [-0.15, -0.1) is 18.2 Å². The summed E-state index contributed by atoms with van der Waals surface area (Å²) in [7, 11) is 0. The largest absolute Gasteiger partial charge is 0.368 e. The zero-order valence-corrected chi connectivity index (χ0v) is 8.79. The summed E-state index contributed by atoms with van der Waals surface area (Å²) in [6.45, 7) is 9.44. The number of carbonyl (C=O) groups is 1. The first-order valence-corrected chi connectivity index (χ1v) is 4.36. The average Bonchev–Trinajstić information content (AvgIpc) is 2.05. The number of nitrogens with zero attached hydrogens (tertiary/aromatic N) is 1. The molecule has 0 amide bonds. The molecular weight excluding hydrogens is 206 g/mol. The van der Waals surface area contributed by atoms with E-state index in [-0.39, 0.29) is 5.97 Å². The van der Waals surface area contributed by atoms with Crippen LogP contribution in [0.2, 0.25) is 0 Å². The molecule has 0 heterocycles. The van der Waals surface area contributed by atoms with E-state index in [1.807, 2.05) is 0 Å². The van der Waals surface area contributed by atoms with Gasteiger partial charge in [-0.2, -0.15) is 8.42 Å². The van der Waals surface area contributed by atoms with Crippen molar-refractivity contribution in [1.29, 1.82) is 0 Å². The standard InChI is InChI=1S/C8H13NO2.O2S/c1-4-6-9(7-5-2)11-8(3)10;1-3-2/h4-5H,1-2,6-7H2,3H3;. The molecule has 0 spiro atoms. The highest BCUT2D eigenvalue weighted by molar-refractivity contribution is 7.51. The van der Waals surface area contributed by atoms with Crippen LogP contribution < -0.4 is 0 Å². The molecule has 0 atom stereocenters. The minimum Gasteiger partial charge on any atom is -0.368 e. The zero-order valence-electron chi connectivity index (χ0n) is 7.97. The van der Waals surface area contributed by atoms with E-state index in [0.29, 0.717) is 13.1 Å². The van der Waals surface area contributed by atoms with Crippen LogP contribution in [0.1, 0.15) is 6.92 Å². The second-order valence-corrected chi connectivity index (χ2v) is 2.21. The van der Waals surface area contributed by atoms with E-state index in [4.69, 9.17) is 13.3 Å². The molecule has 5 nitrogen and oxygen atoms in total. The summed E-state index contributed by atoms with van der Waals surface area (Å²) in [6, 6.07) is 0. The van der Waals surface area contributed by atoms with Gasteiger partial charge >= 0.3 is 17.5 Å².